The number of halogens is 1. The minimum absolute atomic E-state index is 0.180. The van der Waals surface area contributed by atoms with Crippen molar-refractivity contribution in [1.29, 1.82) is 0 Å². The van der Waals surface area contributed by atoms with E-state index in [1.165, 1.54) is 5.56 Å². The van der Waals surface area contributed by atoms with Crippen molar-refractivity contribution in [2.24, 2.45) is 0 Å². The van der Waals surface area contributed by atoms with Gasteiger partial charge < -0.3 is 15.4 Å². The van der Waals surface area contributed by atoms with Crippen molar-refractivity contribution in [3.63, 3.8) is 0 Å². The second kappa shape index (κ2) is 7.07. The monoisotopic (exact) mass is 330 g/mol. The summed E-state index contributed by atoms with van der Waals surface area (Å²) in [6, 6.07) is 4.37. The van der Waals surface area contributed by atoms with Gasteiger partial charge in [0.25, 0.3) is 0 Å². The SMILES string of the molecule is COCC(C)NC(=S)Nc1c(C)cc(C)cc1Br. The number of nitrogens with one attached hydrogen (secondary N) is 2. The van der Waals surface area contributed by atoms with Crippen molar-refractivity contribution in [1.82, 2.24) is 5.32 Å². The number of hydrogen-bond acceptors (Lipinski definition) is 2. The molecule has 0 aliphatic rings. The van der Waals surface area contributed by atoms with Gasteiger partial charge in [0, 0.05) is 17.6 Å². The van der Waals surface area contributed by atoms with Crippen LogP contribution in [0.5, 0.6) is 0 Å². The highest BCUT2D eigenvalue weighted by Gasteiger charge is 2.08. The summed E-state index contributed by atoms with van der Waals surface area (Å²) >= 11 is 8.83. The molecular formula is C13H19BrN2OS. The molecular weight excluding hydrogens is 312 g/mol. The third-order valence-electron chi connectivity index (χ3n) is 2.46. The van der Waals surface area contributed by atoms with Gasteiger partial charge in [-0.15, -0.1) is 0 Å². The fraction of sp³-hybridized carbons (Fsp3) is 0.462. The Hall–Kier alpha value is -0.650. The number of rotatable bonds is 4. The summed E-state index contributed by atoms with van der Waals surface area (Å²) in [6.07, 6.45) is 0. The first-order chi connectivity index (χ1) is 8.43. The summed E-state index contributed by atoms with van der Waals surface area (Å²) in [4.78, 5) is 0. The number of anilines is 1. The Morgan fingerprint density at radius 2 is 2.11 bits per heavy atom. The second-order valence-electron chi connectivity index (χ2n) is 4.39. The molecule has 0 radical (unpaired) electrons. The molecule has 1 aromatic carbocycles. The van der Waals surface area contributed by atoms with E-state index in [1.807, 2.05) is 6.92 Å². The van der Waals surface area contributed by atoms with Crippen LogP contribution in [0.4, 0.5) is 5.69 Å². The van der Waals surface area contributed by atoms with Gasteiger partial charge in [-0.25, -0.2) is 0 Å². The van der Waals surface area contributed by atoms with Crippen LogP contribution in [0.2, 0.25) is 0 Å². The molecule has 2 N–H and O–H groups in total. The molecule has 0 bridgehead atoms. The van der Waals surface area contributed by atoms with Crippen LogP contribution in [0, 0.1) is 13.8 Å². The molecule has 1 aromatic rings. The van der Waals surface area contributed by atoms with E-state index in [0.29, 0.717) is 11.7 Å². The van der Waals surface area contributed by atoms with E-state index >= 15 is 0 Å². The first-order valence-corrected chi connectivity index (χ1v) is 6.97. The van der Waals surface area contributed by atoms with E-state index in [2.05, 4.69) is 52.5 Å². The van der Waals surface area contributed by atoms with Crippen LogP contribution in [0.15, 0.2) is 16.6 Å². The smallest absolute Gasteiger partial charge is 0.171 e. The number of thiocarbonyl (C=S) groups is 1. The molecule has 1 atom stereocenters. The van der Waals surface area contributed by atoms with Crippen molar-refractivity contribution in [3.05, 3.63) is 27.7 Å². The minimum Gasteiger partial charge on any atom is -0.383 e. The molecule has 5 heteroatoms. The molecule has 1 rings (SSSR count). The van der Waals surface area contributed by atoms with E-state index in [-0.39, 0.29) is 6.04 Å². The van der Waals surface area contributed by atoms with Crippen LogP contribution in [0.3, 0.4) is 0 Å². The van der Waals surface area contributed by atoms with Gasteiger partial charge in [0.2, 0.25) is 0 Å². The zero-order chi connectivity index (χ0) is 13.7. The van der Waals surface area contributed by atoms with E-state index in [9.17, 15) is 0 Å². The zero-order valence-electron chi connectivity index (χ0n) is 11.1. The van der Waals surface area contributed by atoms with E-state index in [0.717, 1.165) is 15.7 Å². The largest absolute Gasteiger partial charge is 0.383 e. The Bertz CT molecular complexity index is 414. The quantitative estimate of drug-likeness (QED) is 0.829. The Balaban J connectivity index is 2.70. The highest BCUT2D eigenvalue weighted by Crippen LogP contribution is 2.27. The molecule has 0 saturated carbocycles. The molecule has 0 heterocycles. The second-order valence-corrected chi connectivity index (χ2v) is 5.66. The molecule has 0 aliphatic carbocycles. The number of ether oxygens (including phenoxy) is 1. The van der Waals surface area contributed by atoms with Crippen molar-refractivity contribution < 1.29 is 4.74 Å². The van der Waals surface area contributed by atoms with Crippen molar-refractivity contribution in [2.75, 3.05) is 19.0 Å². The molecule has 1 unspecified atom stereocenters. The highest BCUT2D eigenvalue weighted by atomic mass is 79.9. The van der Waals surface area contributed by atoms with Crippen molar-refractivity contribution in [2.45, 2.75) is 26.8 Å². The third-order valence-corrected chi connectivity index (χ3v) is 3.31. The lowest BCUT2D eigenvalue weighted by atomic mass is 10.1. The van der Waals surface area contributed by atoms with E-state index in [4.69, 9.17) is 17.0 Å². The first-order valence-electron chi connectivity index (χ1n) is 5.77. The van der Waals surface area contributed by atoms with Gasteiger partial charge in [-0.1, -0.05) is 6.07 Å². The Labute approximate surface area is 122 Å². The number of benzene rings is 1. The van der Waals surface area contributed by atoms with Gasteiger partial charge in [0.1, 0.15) is 0 Å². The van der Waals surface area contributed by atoms with Gasteiger partial charge >= 0.3 is 0 Å². The van der Waals surface area contributed by atoms with Gasteiger partial charge in [-0.2, -0.15) is 0 Å². The number of aryl methyl sites for hydroxylation is 2. The van der Waals surface area contributed by atoms with Gasteiger partial charge in [-0.3, -0.25) is 0 Å². The molecule has 0 fully saturated rings. The Kier molecular flexibility index (Phi) is 6.05. The molecule has 0 aromatic heterocycles. The fourth-order valence-electron chi connectivity index (χ4n) is 1.74. The normalized spacial score (nSPS) is 12.1. The Morgan fingerprint density at radius 3 is 2.67 bits per heavy atom. The summed E-state index contributed by atoms with van der Waals surface area (Å²) in [5.41, 5.74) is 3.38. The molecule has 0 spiro atoms. The molecule has 3 nitrogen and oxygen atoms in total. The lowest BCUT2D eigenvalue weighted by Gasteiger charge is -2.18. The van der Waals surface area contributed by atoms with Gasteiger partial charge in [0.05, 0.1) is 12.3 Å². The average Bonchev–Trinajstić information content (AvgIpc) is 2.23. The fourth-order valence-corrected chi connectivity index (χ4v) is 2.82. The maximum Gasteiger partial charge on any atom is 0.171 e. The standard InChI is InChI=1S/C13H19BrN2OS/c1-8-5-9(2)12(11(14)6-8)16-13(18)15-10(3)7-17-4/h5-6,10H,7H2,1-4H3,(H2,15,16,18). The van der Waals surface area contributed by atoms with Crippen LogP contribution < -0.4 is 10.6 Å². The summed E-state index contributed by atoms with van der Waals surface area (Å²) in [7, 11) is 1.68. The zero-order valence-corrected chi connectivity index (χ0v) is 13.5. The molecule has 0 saturated heterocycles. The maximum absolute atomic E-state index is 5.28. The average molecular weight is 331 g/mol. The number of methoxy groups -OCH3 is 1. The molecule has 18 heavy (non-hydrogen) atoms. The summed E-state index contributed by atoms with van der Waals surface area (Å²) in [5.74, 6) is 0. The van der Waals surface area contributed by atoms with Crippen LogP contribution in [-0.2, 0) is 4.74 Å². The van der Waals surface area contributed by atoms with Crippen LogP contribution in [0.25, 0.3) is 0 Å². The first kappa shape index (κ1) is 15.4. The molecule has 100 valence electrons. The lowest BCUT2D eigenvalue weighted by Crippen LogP contribution is -2.38. The topological polar surface area (TPSA) is 33.3 Å². The van der Waals surface area contributed by atoms with Crippen LogP contribution in [0.1, 0.15) is 18.1 Å². The van der Waals surface area contributed by atoms with E-state index in [1.54, 1.807) is 7.11 Å². The lowest BCUT2D eigenvalue weighted by molar-refractivity contribution is 0.179. The predicted molar refractivity (Wildman–Crippen MR) is 84.3 cm³/mol. The third kappa shape index (κ3) is 4.55. The van der Waals surface area contributed by atoms with E-state index < -0.39 is 0 Å². The Morgan fingerprint density at radius 1 is 1.44 bits per heavy atom. The van der Waals surface area contributed by atoms with Crippen LogP contribution in [-0.4, -0.2) is 24.9 Å². The van der Waals surface area contributed by atoms with Crippen molar-refractivity contribution in [3.8, 4) is 0 Å². The van der Waals surface area contributed by atoms with Crippen LogP contribution >= 0.6 is 28.1 Å². The van der Waals surface area contributed by atoms with Gasteiger partial charge in [-0.05, 0) is 66.1 Å². The van der Waals surface area contributed by atoms with Gasteiger partial charge in [0.15, 0.2) is 5.11 Å². The minimum atomic E-state index is 0.180. The number of hydrogen-bond donors (Lipinski definition) is 2. The molecule has 0 amide bonds. The molecule has 0 aliphatic heterocycles. The van der Waals surface area contributed by atoms with Crippen molar-refractivity contribution >= 4 is 38.9 Å². The summed E-state index contributed by atoms with van der Waals surface area (Å²) in [5, 5.41) is 6.99. The highest BCUT2D eigenvalue weighted by molar-refractivity contribution is 9.10. The summed E-state index contributed by atoms with van der Waals surface area (Å²) < 4.78 is 6.08. The maximum atomic E-state index is 5.28. The summed E-state index contributed by atoms with van der Waals surface area (Å²) in [6.45, 7) is 6.77. The predicted octanol–water partition coefficient (Wildman–Crippen LogP) is 3.39.